The highest BCUT2D eigenvalue weighted by Crippen LogP contribution is 2.30. The summed E-state index contributed by atoms with van der Waals surface area (Å²) in [7, 11) is 0. The lowest BCUT2D eigenvalue weighted by atomic mass is 9.93. The van der Waals surface area contributed by atoms with Crippen molar-refractivity contribution in [3.8, 4) is 0 Å². The van der Waals surface area contributed by atoms with Gasteiger partial charge in [-0.2, -0.15) is 0 Å². The molecule has 60 heavy (non-hydrogen) atoms. The first-order chi connectivity index (χ1) is 28.8. The molecule has 2 unspecified atom stereocenters. The number of benzene rings is 2. The van der Waals surface area contributed by atoms with Crippen LogP contribution in [0.2, 0.25) is 0 Å². The van der Waals surface area contributed by atoms with Crippen molar-refractivity contribution < 1.29 is 28.7 Å². The quantitative estimate of drug-likeness (QED) is 0.0541. The largest absolute Gasteiger partial charge is 0.361 e. The van der Waals surface area contributed by atoms with E-state index in [1.165, 1.54) is 64.6 Å². The lowest BCUT2D eigenvalue weighted by Crippen LogP contribution is -2.59. The Morgan fingerprint density at radius 2 is 1.12 bits per heavy atom. The van der Waals surface area contributed by atoms with Gasteiger partial charge in [-0.05, 0) is 101 Å². The summed E-state index contributed by atoms with van der Waals surface area (Å²) in [6.45, 7) is 13.7. The Morgan fingerprint density at radius 1 is 0.617 bits per heavy atom. The second kappa shape index (κ2) is 25.6. The number of unbranched alkanes of at least 4 members (excludes halogenated alkanes) is 6. The van der Waals surface area contributed by atoms with E-state index in [0.717, 1.165) is 30.4 Å². The normalized spacial score (nSPS) is 18.6. The van der Waals surface area contributed by atoms with Crippen molar-refractivity contribution in [1.29, 1.82) is 0 Å². The van der Waals surface area contributed by atoms with E-state index < -0.39 is 47.5 Å². The van der Waals surface area contributed by atoms with Gasteiger partial charge in [0.15, 0.2) is 5.78 Å². The molecule has 0 bridgehead atoms. The van der Waals surface area contributed by atoms with Crippen molar-refractivity contribution in [2.24, 2.45) is 11.8 Å². The Morgan fingerprint density at radius 3 is 1.72 bits per heavy atom. The topological polar surface area (TPSA) is 149 Å². The molecule has 2 aliphatic heterocycles. The van der Waals surface area contributed by atoms with Gasteiger partial charge in [-0.15, -0.1) is 0 Å². The second-order valence-electron chi connectivity index (χ2n) is 18.3. The van der Waals surface area contributed by atoms with E-state index >= 15 is 0 Å². The summed E-state index contributed by atoms with van der Waals surface area (Å²) in [6, 6.07) is 15.6. The lowest BCUT2D eigenvalue weighted by Gasteiger charge is -2.28. The standard InChI is InChI=1S/C49H75N5O6/c1-36(2)32-41(45(56)49(5)35-60-49)51-48(59)43(34-39-24-16-12-17-25-39)53-47(58)42(33-37(3)4)52-46(57)40(28-27-38-22-14-11-15-23-38)50-44(55)26-18-9-7-6-8-10-19-29-54-30-20-13-21-31-54/h11-12,14-17,22-25,36-37,40-43H,6-10,13,18-21,26-35H2,1-5H3,(H,50,55)(H,51,59)(H,52,57)(H,53,58)/t40-,41?,42?,43-,49+/m0/s1. The van der Waals surface area contributed by atoms with Crippen LogP contribution in [-0.4, -0.2) is 90.3 Å². The average Bonchev–Trinajstić information content (AvgIpc) is 3.99. The first-order valence-electron chi connectivity index (χ1n) is 23.0. The maximum atomic E-state index is 14.2. The van der Waals surface area contributed by atoms with Crippen LogP contribution >= 0.6 is 0 Å². The van der Waals surface area contributed by atoms with Crippen LogP contribution in [0.4, 0.5) is 0 Å². The predicted octanol–water partition coefficient (Wildman–Crippen LogP) is 6.86. The molecule has 2 saturated heterocycles. The van der Waals surface area contributed by atoms with Gasteiger partial charge in [-0.1, -0.05) is 127 Å². The van der Waals surface area contributed by atoms with Crippen LogP contribution in [0, 0.1) is 11.8 Å². The molecule has 11 heteroatoms. The number of nitrogens with one attached hydrogen (secondary N) is 4. The molecular weight excluding hydrogens is 755 g/mol. The first kappa shape index (κ1) is 48.6. The van der Waals surface area contributed by atoms with Gasteiger partial charge in [0, 0.05) is 12.8 Å². The highest BCUT2D eigenvalue weighted by molar-refractivity contribution is 5.98. The fraction of sp³-hybridized carbons (Fsp3) is 0.653. The van der Waals surface area contributed by atoms with Gasteiger partial charge in [0.25, 0.3) is 0 Å². The Bertz CT molecular complexity index is 1610. The minimum atomic E-state index is -1.02. The van der Waals surface area contributed by atoms with Crippen LogP contribution in [0.3, 0.4) is 0 Å². The van der Waals surface area contributed by atoms with Crippen molar-refractivity contribution in [2.45, 2.75) is 167 Å². The number of carbonyl (C=O) groups is 5. The molecule has 4 N–H and O–H groups in total. The number of piperidine rings is 1. The predicted molar refractivity (Wildman–Crippen MR) is 238 cm³/mol. The van der Waals surface area contributed by atoms with Crippen LogP contribution in [-0.2, 0) is 41.6 Å². The zero-order valence-corrected chi connectivity index (χ0v) is 37.3. The van der Waals surface area contributed by atoms with Crippen molar-refractivity contribution in [3.63, 3.8) is 0 Å². The Kier molecular flexibility index (Phi) is 20.7. The van der Waals surface area contributed by atoms with Gasteiger partial charge in [0.2, 0.25) is 23.6 Å². The number of hydrogen-bond donors (Lipinski definition) is 4. The number of ketones is 1. The SMILES string of the molecule is CC(C)CC(NC(=O)[C@H](CCc1ccccc1)NC(=O)CCCCCCCCCN1CCCCC1)C(=O)N[C@@H](Cc1ccccc1)C(=O)NC(CC(C)C)C(=O)[C@@]1(C)CO1. The second-order valence-corrected chi connectivity index (χ2v) is 18.3. The summed E-state index contributed by atoms with van der Waals surface area (Å²) < 4.78 is 5.43. The highest BCUT2D eigenvalue weighted by Gasteiger charge is 2.50. The van der Waals surface area contributed by atoms with E-state index in [0.29, 0.717) is 38.7 Å². The highest BCUT2D eigenvalue weighted by atomic mass is 16.6. The maximum Gasteiger partial charge on any atom is 0.243 e. The van der Waals surface area contributed by atoms with Gasteiger partial charge in [-0.25, -0.2) is 0 Å². The van der Waals surface area contributed by atoms with Crippen LogP contribution in [0.15, 0.2) is 60.7 Å². The monoisotopic (exact) mass is 830 g/mol. The number of rotatable bonds is 28. The third-order valence-electron chi connectivity index (χ3n) is 11.7. The van der Waals surface area contributed by atoms with Gasteiger partial charge in [0.1, 0.15) is 23.7 Å². The molecule has 0 saturated carbocycles. The van der Waals surface area contributed by atoms with Crippen molar-refractivity contribution in [1.82, 2.24) is 26.2 Å². The molecule has 2 aliphatic rings. The number of nitrogens with zero attached hydrogens (tertiary/aromatic N) is 1. The number of hydrogen-bond acceptors (Lipinski definition) is 7. The maximum absolute atomic E-state index is 14.2. The molecule has 11 nitrogen and oxygen atoms in total. The molecule has 0 aromatic heterocycles. The molecule has 5 atom stereocenters. The van der Waals surface area contributed by atoms with Crippen molar-refractivity contribution in [2.75, 3.05) is 26.2 Å². The van der Waals surface area contributed by atoms with E-state index in [4.69, 9.17) is 4.74 Å². The van der Waals surface area contributed by atoms with Gasteiger partial charge in [-0.3, -0.25) is 24.0 Å². The third kappa shape index (κ3) is 17.9. The summed E-state index contributed by atoms with van der Waals surface area (Å²) >= 11 is 0. The number of epoxide rings is 1. The zero-order valence-electron chi connectivity index (χ0n) is 37.3. The van der Waals surface area contributed by atoms with Crippen LogP contribution in [0.1, 0.15) is 136 Å². The number of ether oxygens (including phenoxy) is 1. The molecule has 4 amide bonds. The lowest BCUT2D eigenvalue weighted by molar-refractivity contribution is -0.135. The van der Waals surface area contributed by atoms with Gasteiger partial charge < -0.3 is 30.9 Å². The fourth-order valence-corrected chi connectivity index (χ4v) is 8.08. The van der Waals surface area contributed by atoms with E-state index in [-0.39, 0.29) is 29.9 Å². The van der Waals surface area contributed by atoms with Crippen molar-refractivity contribution >= 4 is 29.4 Å². The van der Waals surface area contributed by atoms with E-state index in [2.05, 4.69) is 26.2 Å². The Hall–Kier alpha value is -4.09. The Balaban J connectivity index is 1.37. The molecule has 2 fully saturated rings. The minimum absolute atomic E-state index is 0.0295. The summed E-state index contributed by atoms with van der Waals surface area (Å²) in [5.41, 5.74) is 0.956. The van der Waals surface area contributed by atoms with E-state index in [1.807, 2.05) is 88.4 Å². The summed E-state index contributed by atoms with van der Waals surface area (Å²) in [5.74, 6) is -1.63. The van der Waals surface area contributed by atoms with Gasteiger partial charge in [0.05, 0.1) is 12.6 Å². The summed E-state index contributed by atoms with van der Waals surface area (Å²) in [6.07, 6.45) is 13.9. The van der Waals surface area contributed by atoms with Crippen LogP contribution in [0.5, 0.6) is 0 Å². The first-order valence-corrected chi connectivity index (χ1v) is 23.0. The van der Waals surface area contributed by atoms with E-state index in [1.54, 1.807) is 6.92 Å². The molecule has 0 aliphatic carbocycles. The summed E-state index contributed by atoms with van der Waals surface area (Å²) in [4.78, 5) is 71.6. The number of Topliss-reactive ketones (excluding diaryl/α,β-unsaturated/α-hetero) is 1. The number of likely N-dealkylation sites (tertiary alicyclic amines) is 1. The number of amides is 4. The number of aryl methyl sites for hydroxylation is 1. The van der Waals surface area contributed by atoms with Crippen LogP contribution in [0.25, 0.3) is 0 Å². The number of carbonyl (C=O) groups excluding carboxylic acids is 5. The molecule has 332 valence electrons. The average molecular weight is 830 g/mol. The molecular formula is C49H75N5O6. The smallest absolute Gasteiger partial charge is 0.243 e. The molecule has 4 rings (SSSR count). The molecule has 2 aromatic rings. The van der Waals surface area contributed by atoms with E-state index in [9.17, 15) is 24.0 Å². The van der Waals surface area contributed by atoms with Crippen LogP contribution < -0.4 is 21.3 Å². The summed E-state index contributed by atoms with van der Waals surface area (Å²) in [5, 5.41) is 11.8. The zero-order chi connectivity index (χ0) is 43.3. The molecule has 0 spiro atoms. The molecule has 0 radical (unpaired) electrons. The fourth-order valence-electron chi connectivity index (χ4n) is 8.08. The molecule has 2 aromatic carbocycles. The minimum Gasteiger partial charge on any atom is -0.361 e. The third-order valence-corrected chi connectivity index (χ3v) is 11.7. The van der Waals surface area contributed by atoms with Gasteiger partial charge >= 0.3 is 0 Å². The van der Waals surface area contributed by atoms with Crippen molar-refractivity contribution in [3.05, 3.63) is 71.8 Å². The Labute approximate surface area is 360 Å². The molecule has 2 heterocycles.